The minimum Gasteiger partial charge on any atom is -0.486 e. The summed E-state index contributed by atoms with van der Waals surface area (Å²) in [5.41, 5.74) is 6.92. The number of para-hydroxylation sites is 1. The largest absolute Gasteiger partial charge is 0.486 e. The van der Waals surface area contributed by atoms with Gasteiger partial charge in [0.15, 0.2) is 5.82 Å². The number of nitrogen functional groups attached to an aromatic ring is 1. The Morgan fingerprint density at radius 1 is 1.21 bits per heavy atom. The number of anilines is 1. The van der Waals surface area contributed by atoms with Crippen molar-refractivity contribution in [2.45, 2.75) is 25.4 Å². The second-order valence-corrected chi connectivity index (χ2v) is 5.39. The second kappa shape index (κ2) is 5.17. The maximum absolute atomic E-state index is 5.90. The summed E-state index contributed by atoms with van der Waals surface area (Å²) in [7, 11) is 0. The number of aromatic nitrogens is 2. The molecule has 0 amide bonds. The average Bonchev–Trinajstić information content (AvgIpc) is 3.25. The fourth-order valence-electron chi connectivity index (χ4n) is 1.89. The number of hydrogen-bond acceptors (Lipinski definition) is 4. The van der Waals surface area contributed by atoms with Crippen LogP contribution in [0, 0.1) is 0 Å². The van der Waals surface area contributed by atoms with Crippen molar-refractivity contribution in [3.63, 3.8) is 0 Å². The fourth-order valence-corrected chi connectivity index (χ4v) is 2.39. The summed E-state index contributed by atoms with van der Waals surface area (Å²) in [6.07, 6.45) is 2.35. The standard InChI is InChI=1S/C14H14BrN3O/c15-12-13(9-6-7-9)17-11(18-14(12)16)8-19-10-4-2-1-3-5-10/h1-5,9H,6-8H2,(H2,16,17,18). The highest BCUT2D eigenvalue weighted by Gasteiger charge is 2.29. The molecule has 4 nitrogen and oxygen atoms in total. The van der Waals surface area contributed by atoms with Crippen molar-refractivity contribution in [1.82, 2.24) is 9.97 Å². The third-order valence-electron chi connectivity index (χ3n) is 3.02. The molecular formula is C14H14BrN3O. The van der Waals surface area contributed by atoms with Crippen molar-refractivity contribution >= 4 is 21.7 Å². The van der Waals surface area contributed by atoms with E-state index in [1.165, 1.54) is 12.8 Å². The molecule has 2 aromatic rings. The molecule has 5 heteroatoms. The Kier molecular flexibility index (Phi) is 3.38. The first-order chi connectivity index (χ1) is 9.24. The predicted octanol–water partition coefficient (Wildman–Crippen LogP) is 3.28. The van der Waals surface area contributed by atoms with Gasteiger partial charge in [-0.25, -0.2) is 9.97 Å². The molecule has 1 saturated carbocycles. The number of hydrogen-bond donors (Lipinski definition) is 1. The number of halogens is 1. The van der Waals surface area contributed by atoms with Crippen LogP contribution in [0.5, 0.6) is 5.75 Å². The van der Waals surface area contributed by atoms with E-state index >= 15 is 0 Å². The van der Waals surface area contributed by atoms with E-state index in [9.17, 15) is 0 Å². The summed E-state index contributed by atoms with van der Waals surface area (Å²) in [6.45, 7) is 0.335. The highest BCUT2D eigenvalue weighted by atomic mass is 79.9. The van der Waals surface area contributed by atoms with E-state index in [1.54, 1.807) is 0 Å². The first-order valence-corrected chi connectivity index (χ1v) is 7.03. The van der Waals surface area contributed by atoms with Gasteiger partial charge in [0.05, 0.1) is 10.2 Å². The predicted molar refractivity (Wildman–Crippen MR) is 76.9 cm³/mol. The molecular weight excluding hydrogens is 306 g/mol. The monoisotopic (exact) mass is 319 g/mol. The van der Waals surface area contributed by atoms with Crippen LogP contribution in [0.4, 0.5) is 5.82 Å². The lowest BCUT2D eigenvalue weighted by Gasteiger charge is -2.09. The molecule has 0 saturated heterocycles. The summed E-state index contributed by atoms with van der Waals surface area (Å²) in [6, 6.07) is 9.63. The molecule has 2 N–H and O–H groups in total. The number of nitrogens with zero attached hydrogens (tertiary/aromatic N) is 2. The van der Waals surface area contributed by atoms with Gasteiger partial charge in [0.1, 0.15) is 18.2 Å². The lowest BCUT2D eigenvalue weighted by molar-refractivity contribution is 0.295. The van der Waals surface area contributed by atoms with Crippen molar-refractivity contribution in [2.75, 3.05) is 5.73 Å². The fraction of sp³-hybridized carbons (Fsp3) is 0.286. The average molecular weight is 320 g/mol. The molecule has 98 valence electrons. The van der Waals surface area contributed by atoms with Crippen molar-refractivity contribution < 1.29 is 4.74 Å². The van der Waals surface area contributed by atoms with Crippen LogP contribution in [-0.2, 0) is 6.61 Å². The summed E-state index contributed by atoms with van der Waals surface area (Å²) in [5, 5.41) is 0. The summed E-state index contributed by atoms with van der Waals surface area (Å²) >= 11 is 3.46. The Labute approximate surface area is 120 Å². The van der Waals surface area contributed by atoms with Crippen LogP contribution in [0.2, 0.25) is 0 Å². The minimum atomic E-state index is 0.335. The number of benzene rings is 1. The molecule has 1 aromatic heterocycles. The smallest absolute Gasteiger partial charge is 0.168 e. The molecule has 0 spiro atoms. The van der Waals surface area contributed by atoms with Gasteiger partial charge in [0.2, 0.25) is 0 Å². The Hall–Kier alpha value is -1.62. The molecule has 0 atom stereocenters. The molecule has 19 heavy (non-hydrogen) atoms. The molecule has 0 unspecified atom stereocenters. The number of ether oxygens (including phenoxy) is 1. The van der Waals surface area contributed by atoms with Crippen molar-refractivity contribution in [3.8, 4) is 5.75 Å². The van der Waals surface area contributed by atoms with Gasteiger partial charge in [-0.05, 0) is 40.9 Å². The van der Waals surface area contributed by atoms with E-state index in [2.05, 4.69) is 25.9 Å². The Balaban J connectivity index is 1.77. The minimum absolute atomic E-state index is 0.335. The van der Waals surface area contributed by atoms with Crippen LogP contribution in [0.3, 0.4) is 0 Å². The van der Waals surface area contributed by atoms with Crippen LogP contribution >= 0.6 is 15.9 Å². The lowest BCUT2D eigenvalue weighted by atomic mass is 10.2. The van der Waals surface area contributed by atoms with Crippen molar-refractivity contribution in [2.24, 2.45) is 0 Å². The molecule has 0 radical (unpaired) electrons. The third kappa shape index (κ3) is 2.87. The van der Waals surface area contributed by atoms with Crippen LogP contribution in [0.15, 0.2) is 34.8 Å². The van der Waals surface area contributed by atoms with Gasteiger partial charge in [-0.3, -0.25) is 0 Å². The van der Waals surface area contributed by atoms with Crippen LogP contribution in [-0.4, -0.2) is 9.97 Å². The van der Waals surface area contributed by atoms with Crippen LogP contribution in [0.1, 0.15) is 30.3 Å². The van der Waals surface area contributed by atoms with Crippen LogP contribution in [0.25, 0.3) is 0 Å². The maximum Gasteiger partial charge on any atom is 0.168 e. The van der Waals surface area contributed by atoms with E-state index in [4.69, 9.17) is 10.5 Å². The normalized spacial score (nSPS) is 14.4. The zero-order valence-electron chi connectivity index (χ0n) is 10.3. The van der Waals surface area contributed by atoms with E-state index in [0.29, 0.717) is 24.2 Å². The SMILES string of the molecule is Nc1nc(COc2ccccc2)nc(C2CC2)c1Br. The van der Waals surface area contributed by atoms with Crippen LogP contribution < -0.4 is 10.5 Å². The van der Waals surface area contributed by atoms with Gasteiger partial charge in [-0.15, -0.1) is 0 Å². The molecule has 1 aliphatic carbocycles. The summed E-state index contributed by atoms with van der Waals surface area (Å²) in [5.74, 6) is 2.45. The molecule has 0 bridgehead atoms. The first-order valence-electron chi connectivity index (χ1n) is 6.23. The lowest BCUT2D eigenvalue weighted by Crippen LogP contribution is -2.07. The molecule has 1 fully saturated rings. The highest BCUT2D eigenvalue weighted by Crippen LogP contribution is 2.43. The first kappa shape index (κ1) is 12.4. The summed E-state index contributed by atoms with van der Waals surface area (Å²) < 4.78 is 6.48. The zero-order valence-corrected chi connectivity index (χ0v) is 11.9. The van der Waals surface area contributed by atoms with Gasteiger partial charge >= 0.3 is 0 Å². The van der Waals surface area contributed by atoms with Gasteiger partial charge in [0.25, 0.3) is 0 Å². The van der Waals surface area contributed by atoms with Gasteiger partial charge < -0.3 is 10.5 Å². The molecule has 1 aromatic carbocycles. The molecule has 1 aliphatic rings. The third-order valence-corrected chi connectivity index (χ3v) is 3.84. The topological polar surface area (TPSA) is 61.0 Å². The number of rotatable bonds is 4. The Morgan fingerprint density at radius 3 is 2.63 bits per heavy atom. The zero-order chi connectivity index (χ0) is 13.2. The van der Waals surface area contributed by atoms with E-state index in [0.717, 1.165) is 15.9 Å². The van der Waals surface area contributed by atoms with E-state index in [1.807, 2.05) is 30.3 Å². The van der Waals surface area contributed by atoms with E-state index in [-0.39, 0.29) is 0 Å². The molecule has 3 rings (SSSR count). The van der Waals surface area contributed by atoms with Gasteiger partial charge in [0, 0.05) is 5.92 Å². The van der Waals surface area contributed by atoms with E-state index < -0.39 is 0 Å². The highest BCUT2D eigenvalue weighted by molar-refractivity contribution is 9.10. The Bertz CT molecular complexity index is 585. The molecule has 0 aliphatic heterocycles. The van der Waals surface area contributed by atoms with Gasteiger partial charge in [-0.2, -0.15) is 0 Å². The number of nitrogens with two attached hydrogens (primary N) is 1. The van der Waals surface area contributed by atoms with Crippen molar-refractivity contribution in [3.05, 3.63) is 46.3 Å². The summed E-state index contributed by atoms with van der Waals surface area (Å²) in [4.78, 5) is 8.80. The maximum atomic E-state index is 5.90. The van der Waals surface area contributed by atoms with Gasteiger partial charge in [-0.1, -0.05) is 18.2 Å². The Morgan fingerprint density at radius 2 is 1.95 bits per heavy atom. The molecule has 1 heterocycles. The van der Waals surface area contributed by atoms with Crippen molar-refractivity contribution in [1.29, 1.82) is 0 Å². The quantitative estimate of drug-likeness (QED) is 0.939. The second-order valence-electron chi connectivity index (χ2n) is 4.60.